The van der Waals surface area contributed by atoms with Crippen LogP contribution in [0.5, 0.6) is 0 Å². The molecule has 15 heavy (non-hydrogen) atoms. The van der Waals surface area contributed by atoms with Crippen LogP contribution in [0.4, 0.5) is 0 Å². The fourth-order valence-electron chi connectivity index (χ4n) is 1.34. The van der Waals surface area contributed by atoms with Crippen molar-refractivity contribution in [3.8, 4) is 0 Å². The van der Waals surface area contributed by atoms with Gasteiger partial charge >= 0.3 is 11.9 Å². The molecule has 1 heterocycles. The predicted molar refractivity (Wildman–Crippen MR) is 51.2 cm³/mol. The van der Waals surface area contributed by atoms with E-state index in [1.807, 2.05) is 6.92 Å². The molecule has 0 amide bonds. The van der Waals surface area contributed by atoms with Crippen molar-refractivity contribution in [3.63, 3.8) is 0 Å². The Hall–Kier alpha value is -1.78. The van der Waals surface area contributed by atoms with Crippen LogP contribution in [0.2, 0.25) is 0 Å². The summed E-state index contributed by atoms with van der Waals surface area (Å²) in [6.45, 7) is 1.97. The fourth-order valence-corrected chi connectivity index (χ4v) is 1.34. The molecule has 0 radical (unpaired) electrons. The van der Waals surface area contributed by atoms with Gasteiger partial charge in [0.05, 0.1) is 6.26 Å². The normalized spacial score (nSPS) is 10.2. The van der Waals surface area contributed by atoms with E-state index in [4.69, 9.17) is 14.6 Å². The summed E-state index contributed by atoms with van der Waals surface area (Å²) in [6, 6.07) is 0. The SMILES string of the molecule is CCCCc1coc(C(=O)O)c1C(=O)O. The van der Waals surface area contributed by atoms with Gasteiger partial charge in [-0.25, -0.2) is 9.59 Å². The molecule has 0 saturated carbocycles. The molecule has 0 bridgehead atoms. The molecule has 5 heteroatoms. The van der Waals surface area contributed by atoms with Gasteiger partial charge in [0.2, 0.25) is 5.76 Å². The van der Waals surface area contributed by atoms with Crippen LogP contribution < -0.4 is 0 Å². The van der Waals surface area contributed by atoms with Crippen molar-refractivity contribution < 1.29 is 24.2 Å². The van der Waals surface area contributed by atoms with Crippen molar-refractivity contribution in [2.24, 2.45) is 0 Å². The number of unbranched alkanes of at least 4 members (excludes halogenated alkanes) is 1. The molecule has 1 aromatic heterocycles. The van der Waals surface area contributed by atoms with E-state index < -0.39 is 17.7 Å². The van der Waals surface area contributed by atoms with E-state index in [-0.39, 0.29) is 5.56 Å². The molecule has 0 aliphatic heterocycles. The third kappa shape index (κ3) is 2.37. The molecule has 0 spiro atoms. The third-order valence-electron chi connectivity index (χ3n) is 2.07. The second-order valence-corrected chi connectivity index (χ2v) is 3.18. The number of aromatic carboxylic acids is 2. The highest BCUT2D eigenvalue weighted by Crippen LogP contribution is 2.19. The molecule has 0 aliphatic carbocycles. The summed E-state index contributed by atoms with van der Waals surface area (Å²) in [5.74, 6) is -3.10. The van der Waals surface area contributed by atoms with Gasteiger partial charge in [0.25, 0.3) is 0 Å². The molecule has 2 N–H and O–H groups in total. The topological polar surface area (TPSA) is 87.7 Å². The molecule has 0 atom stereocenters. The number of aryl methyl sites for hydroxylation is 1. The Morgan fingerprint density at radius 1 is 1.33 bits per heavy atom. The molecule has 0 saturated heterocycles. The number of furan rings is 1. The summed E-state index contributed by atoms with van der Waals surface area (Å²) in [5.41, 5.74) is 0.220. The molecule has 82 valence electrons. The number of carboxylic acid groups (broad SMARTS) is 2. The first-order valence-corrected chi connectivity index (χ1v) is 4.64. The highest BCUT2D eigenvalue weighted by Gasteiger charge is 2.24. The molecular formula is C10H12O5. The van der Waals surface area contributed by atoms with Gasteiger partial charge in [-0.05, 0) is 12.8 Å². The summed E-state index contributed by atoms with van der Waals surface area (Å²) < 4.78 is 4.74. The monoisotopic (exact) mass is 212 g/mol. The molecule has 5 nitrogen and oxygen atoms in total. The van der Waals surface area contributed by atoms with Gasteiger partial charge < -0.3 is 14.6 Å². The maximum absolute atomic E-state index is 10.8. The maximum Gasteiger partial charge on any atom is 0.372 e. The van der Waals surface area contributed by atoms with Crippen LogP contribution in [0, 0.1) is 0 Å². The number of carbonyl (C=O) groups is 2. The minimum atomic E-state index is -1.35. The van der Waals surface area contributed by atoms with Crippen molar-refractivity contribution in [1.29, 1.82) is 0 Å². The van der Waals surface area contributed by atoms with Crippen molar-refractivity contribution in [3.05, 3.63) is 23.2 Å². The minimum absolute atomic E-state index is 0.226. The first kappa shape index (κ1) is 11.3. The second-order valence-electron chi connectivity index (χ2n) is 3.18. The van der Waals surface area contributed by atoms with Gasteiger partial charge in [-0.15, -0.1) is 0 Å². The van der Waals surface area contributed by atoms with Crippen LogP contribution in [0.3, 0.4) is 0 Å². The zero-order chi connectivity index (χ0) is 11.4. The Balaban J connectivity index is 3.06. The average Bonchev–Trinajstić information content (AvgIpc) is 2.58. The highest BCUT2D eigenvalue weighted by atomic mass is 16.4. The van der Waals surface area contributed by atoms with E-state index in [2.05, 4.69) is 0 Å². The molecule has 0 unspecified atom stereocenters. The Kier molecular flexibility index (Phi) is 3.49. The van der Waals surface area contributed by atoms with Gasteiger partial charge in [0.15, 0.2) is 0 Å². The number of carboxylic acids is 2. The zero-order valence-electron chi connectivity index (χ0n) is 8.32. The number of rotatable bonds is 5. The lowest BCUT2D eigenvalue weighted by Gasteiger charge is -1.97. The Bertz CT molecular complexity index is 377. The van der Waals surface area contributed by atoms with Crippen LogP contribution in [0.15, 0.2) is 10.7 Å². The summed E-state index contributed by atoms with van der Waals surface area (Å²) in [7, 11) is 0. The van der Waals surface area contributed by atoms with Gasteiger partial charge in [0.1, 0.15) is 5.56 Å². The fraction of sp³-hybridized carbons (Fsp3) is 0.400. The van der Waals surface area contributed by atoms with Crippen LogP contribution >= 0.6 is 0 Å². The van der Waals surface area contributed by atoms with E-state index in [1.54, 1.807) is 0 Å². The molecule has 1 aromatic rings. The van der Waals surface area contributed by atoms with E-state index in [0.29, 0.717) is 12.0 Å². The summed E-state index contributed by atoms with van der Waals surface area (Å²) in [4.78, 5) is 21.5. The molecule has 0 fully saturated rings. The smallest absolute Gasteiger partial charge is 0.372 e. The number of hydrogen-bond acceptors (Lipinski definition) is 3. The second kappa shape index (κ2) is 4.63. The Labute approximate surface area is 86.3 Å². The minimum Gasteiger partial charge on any atom is -0.478 e. The predicted octanol–water partition coefficient (Wildman–Crippen LogP) is 2.02. The van der Waals surface area contributed by atoms with Crippen molar-refractivity contribution in [2.45, 2.75) is 26.2 Å². The Morgan fingerprint density at radius 2 is 2.00 bits per heavy atom. The van der Waals surface area contributed by atoms with Gasteiger partial charge in [-0.1, -0.05) is 13.3 Å². The van der Waals surface area contributed by atoms with E-state index in [1.165, 1.54) is 6.26 Å². The van der Waals surface area contributed by atoms with Crippen LogP contribution in [0.1, 0.15) is 46.2 Å². The van der Waals surface area contributed by atoms with Gasteiger partial charge in [0, 0.05) is 5.56 Å². The van der Waals surface area contributed by atoms with Gasteiger partial charge in [-0.3, -0.25) is 0 Å². The molecule has 0 aliphatic rings. The lowest BCUT2D eigenvalue weighted by Crippen LogP contribution is -2.07. The average molecular weight is 212 g/mol. The third-order valence-corrected chi connectivity index (χ3v) is 2.07. The summed E-state index contributed by atoms with van der Waals surface area (Å²) in [5, 5.41) is 17.6. The van der Waals surface area contributed by atoms with Crippen molar-refractivity contribution >= 4 is 11.9 Å². The summed E-state index contributed by atoms with van der Waals surface area (Å²) >= 11 is 0. The number of hydrogen-bond donors (Lipinski definition) is 2. The van der Waals surface area contributed by atoms with E-state index in [9.17, 15) is 9.59 Å². The molecule has 1 rings (SSSR count). The maximum atomic E-state index is 10.8. The molecular weight excluding hydrogens is 200 g/mol. The Morgan fingerprint density at radius 3 is 2.47 bits per heavy atom. The van der Waals surface area contributed by atoms with Crippen molar-refractivity contribution in [1.82, 2.24) is 0 Å². The van der Waals surface area contributed by atoms with Crippen LogP contribution in [-0.4, -0.2) is 22.2 Å². The van der Waals surface area contributed by atoms with Crippen LogP contribution in [-0.2, 0) is 6.42 Å². The lowest BCUT2D eigenvalue weighted by molar-refractivity contribution is 0.0625. The largest absolute Gasteiger partial charge is 0.478 e. The first-order valence-electron chi connectivity index (χ1n) is 4.64. The summed E-state index contributed by atoms with van der Waals surface area (Å²) in [6.07, 6.45) is 3.45. The van der Waals surface area contributed by atoms with E-state index in [0.717, 1.165) is 12.8 Å². The van der Waals surface area contributed by atoms with Gasteiger partial charge in [-0.2, -0.15) is 0 Å². The quantitative estimate of drug-likeness (QED) is 0.779. The highest BCUT2D eigenvalue weighted by molar-refractivity contribution is 6.00. The van der Waals surface area contributed by atoms with E-state index >= 15 is 0 Å². The lowest BCUT2D eigenvalue weighted by atomic mass is 10.1. The zero-order valence-corrected chi connectivity index (χ0v) is 8.32. The van der Waals surface area contributed by atoms with Crippen LogP contribution in [0.25, 0.3) is 0 Å². The standard InChI is InChI=1S/C10H12O5/c1-2-3-4-6-5-15-8(10(13)14)7(6)9(11)12/h5H,2-4H2,1H3,(H,11,12)(H,13,14). The molecule has 0 aromatic carbocycles. The van der Waals surface area contributed by atoms with Crippen molar-refractivity contribution in [2.75, 3.05) is 0 Å². The first-order chi connectivity index (χ1) is 7.07.